The number of carbonyl (C=O) groups excluding carboxylic acids is 1. The molecule has 0 atom stereocenters. The summed E-state index contributed by atoms with van der Waals surface area (Å²) >= 11 is 0. The molecule has 6 heteroatoms. The molecule has 2 aromatic rings. The number of rotatable bonds is 5. The third kappa shape index (κ3) is 3.55. The fraction of sp³-hybridized carbons (Fsp3) is 0.0667. The minimum atomic E-state index is -3.91. The summed E-state index contributed by atoms with van der Waals surface area (Å²) < 4.78 is 32.9. The number of sulfonamides is 1. The largest absolute Gasteiger partial charge is 0.497 e. The highest BCUT2D eigenvalue weighted by Crippen LogP contribution is 2.16. The standard InChI is InChI=1S/C15H13NO4S/c1-20-14-8-6-12(7-9-14)10-16-21(18,19)15-5-3-2-4-13(15)11-17/h2-11H,1H3/b16-10+. The minimum absolute atomic E-state index is 0.0874. The lowest BCUT2D eigenvalue weighted by atomic mass is 10.2. The highest BCUT2D eigenvalue weighted by atomic mass is 32.2. The molecule has 0 bridgehead atoms. The Hall–Kier alpha value is -2.47. The second-order valence-electron chi connectivity index (χ2n) is 4.14. The van der Waals surface area contributed by atoms with E-state index in [0.29, 0.717) is 17.6 Å². The number of carbonyl (C=O) groups is 1. The van der Waals surface area contributed by atoms with Crippen molar-refractivity contribution in [2.24, 2.45) is 4.40 Å². The van der Waals surface area contributed by atoms with Gasteiger partial charge in [-0.3, -0.25) is 4.79 Å². The molecule has 0 unspecified atom stereocenters. The summed E-state index contributed by atoms with van der Waals surface area (Å²) in [5, 5.41) is 0. The second-order valence-corrected chi connectivity index (χ2v) is 5.74. The third-order valence-electron chi connectivity index (χ3n) is 2.78. The van der Waals surface area contributed by atoms with Crippen molar-refractivity contribution < 1.29 is 17.9 Å². The van der Waals surface area contributed by atoms with E-state index >= 15 is 0 Å². The fourth-order valence-electron chi connectivity index (χ4n) is 1.69. The van der Waals surface area contributed by atoms with Crippen molar-refractivity contribution in [3.63, 3.8) is 0 Å². The van der Waals surface area contributed by atoms with Gasteiger partial charge in [0.05, 0.1) is 12.0 Å². The molecule has 0 radical (unpaired) electrons. The van der Waals surface area contributed by atoms with Crippen molar-refractivity contribution in [2.75, 3.05) is 7.11 Å². The number of methoxy groups -OCH3 is 1. The van der Waals surface area contributed by atoms with Crippen molar-refractivity contribution >= 4 is 22.5 Å². The Morgan fingerprint density at radius 1 is 1.05 bits per heavy atom. The first-order valence-corrected chi connectivity index (χ1v) is 7.49. The van der Waals surface area contributed by atoms with E-state index in [1.807, 2.05) is 0 Å². The molecule has 0 heterocycles. The van der Waals surface area contributed by atoms with Crippen LogP contribution in [-0.4, -0.2) is 28.0 Å². The van der Waals surface area contributed by atoms with Crippen LogP contribution in [0.2, 0.25) is 0 Å². The van der Waals surface area contributed by atoms with Gasteiger partial charge in [-0.1, -0.05) is 18.2 Å². The van der Waals surface area contributed by atoms with Gasteiger partial charge in [0.15, 0.2) is 6.29 Å². The van der Waals surface area contributed by atoms with Gasteiger partial charge in [-0.2, -0.15) is 12.8 Å². The Labute approximate surface area is 123 Å². The molecular weight excluding hydrogens is 290 g/mol. The van der Waals surface area contributed by atoms with Gasteiger partial charge in [-0.15, -0.1) is 0 Å². The van der Waals surface area contributed by atoms with E-state index in [9.17, 15) is 13.2 Å². The maximum atomic E-state index is 12.1. The van der Waals surface area contributed by atoms with Crippen LogP contribution in [0.1, 0.15) is 15.9 Å². The van der Waals surface area contributed by atoms with Gasteiger partial charge in [-0.05, 0) is 35.9 Å². The summed E-state index contributed by atoms with van der Waals surface area (Å²) in [6.45, 7) is 0. The normalized spacial score (nSPS) is 11.5. The van der Waals surface area contributed by atoms with Crippen molar-refractivity contribution in [2.45, 2.75) is 4.90 Å². The highest BCUT2D eigenvalue weighted by Gasteiger charge is 2.15. The van der Waals surface area contributed by atoms with Crippen molar-refractivity contribution in [3.05, 3.63) is 59.7 Å². The third-order valence-corrected chi connectivity index (χ3v) is 4.09. The molecule has 0 N–H and O–H groups in total. The van der Waals surface area contributed by atoms with Gasteiger partial charge in [-0.25, -0.2) is 0 Å². The minimum Gasteiger partial charge on any atom is -0.497 e. The Morgan fingerprint density at radius 2 is 1.71 bits per heavy atom. The molecule has 0 saturated carbocycles. The number of hydrogen-bond acceptors (Lipinski definition) is 4. The zero-order valence-corrected chi connectivity index (χ0v) is 12.1. The number of aldehydes is 1. The molecule has 0 aliphatic heterocycles. The molecule has 0 spiro atoms. The van der Waals surface area contributed by atoms with Crippen LogP contribution in [0.4, 0.5) is 0 Å². The van der Waals surface area contributed by atoms with E-state index in [0.717, 1.165) is 0 Å². The summed E-state index contributed by atoms with van der Waals surface area (Å²) in [4.78, 5) is 10.8. The zero-order valence-electron chi connectivity index (χ0n) is 11.3. The molecule has 0 aliphatic rings. The molecular formula is C15H13NO4S. The maximum absolute atomic E-state index is 12.1. The second kappa shape index (κ2) is 6.32. The van der Waals surface area contributed by atoms with Crippen LogP contribution in [0.15, 0.2) is 57.8 Å². The summed E-state index contributed by atoms with van der Waals surface area (Å²) in [5.74, 6) is 0.668. The van der Waals surface area contributed by atoms with Gasteiger partial charge in [0.1, 0.15) is 5.75 Å². The first-order chi connectivity index (χ1) is 10.1. The van der Waals surface area contributed by atoms with Crippen LogP contribution in [0.25, 0.3) is 0 Å². The van der Waals surface area contributed by atoms with Crippen LogP contribution >= 0.6 is 0 Å². The van der Waals surface area contributed by atoms with Crippen molar-refractivity contribution in [3.8, 4) is 5.75 Å². The summed E-state index contributed by atoms with van der Waals surface area (Å²) in [7, 11) is -2.36. The van der Waals surface area contributed by atoms with Gasteiger partial charge in [0, 0.05) is 11.8 Å². The molecule has 108 valence electrons. The van der Waals surface area contributed by atoms with Gasteiger partial charge in [0.25, 0.3) is 10.0 Å². The number of nitrogens with zero attached hydrogens (tertiary/aromatic N) is 1. The van der Waals surface area contributed by atoms with E-state index in [4.69, 9.17) is 4.74 Å². The lowest BCUT2D eigenvalue weighted by Crippen LogP contribution is -2.02. The summed E-state index contributed by atoms with van der Waals surface area (Å²) in [5.41, 5.74) is 0.701. The molecule has 0 saturated heterocycles. The van der Waals surface area contributed by atoms with Gasteiger partial charge < -0.3 is 4.74 Å². The van der Waals surface area contributed by atoms with E-state index < -0.39 is 10.0 Å². The van der Waals surface area contributed by atoms with Crippen LogP contribution in [0, 0.1) is 0 Å². The predicted molar refractivity (Wildman–Crippen MR) is 79.6 cm³/mol. The number of benzene rings is 2. The van der Waals surface area contributed by atoms with Crippen LogP contribution in [0.5, 0.6) is 5.75 Å². The highest BCUT2D eigenvalue weighted by molar-refractivity contribution is 7.90. The lowest BCUT2D eigenvalue weighted by Gasteiger charge is -2.02. The Bertz CT molecular complexity index is 765. The topological polar surface area (TPSA) is 72.8 Å². The Balaban J connectivity index is 2.31. The molecule has 21 heavy (non-hydrogen) atoms. The number of hydrogen-bond donors (Lipinski definition) is 0. The van der Waals surface area contributed by atoms with Crippen molar-refractivity contribution in [1.29, 1.82) is 0 Å². The summed E-state index contributed by atoms with van der Waals surface area (Å²) in [6.07, 6.45) is 1.73. The lowest BCUT2D eigenvalue weighted by molar-refractivity contribution is 0.112. The smallest absolute Gasteiger partial charge is 0.283 e. The molecule has 2 aromatic carbocycles. The Kier molecular flexibility index (Phi) is 4.49. The van der Waals surface area contributed by atoms with E-state index in [2.05, 4.69) is 4.40 Å². The number of ether oxygens (including phenoxy) is 1. The van der Waals surface area contributed by atoms with Crippen molar-refractivity contribution in [1.82, 2.24) is 0 Å². The van der Waals surface area contributed by atoms with E-state index in [-0.39, 0.29) is 10.5 Å². The molecule has 2 rings (SSSR count). The SMILES string of the molecule is COc1ccc(/C=N/S(=O)(=O)c2ccccc2C=O)cc1. The predicted octanol–water partition coefficient (Wildman–Crippen LogP) is 2.32. The monoisotopic (exact) mass is 303 g/mol. The zero-order chi connectivity index (χ0) is 15.3. The maximum Gasteiger partial charge on any atom is 0.283 e. The first-order valence-electron chi connectivity index (χ1n) is 6.05. The average Bonchev–Trinajstić information content (AvgIpc) is 2.53. The summed E-state index contributed by atoms with van der Waals surface area (Å²) in [6, 6.07) is 12.7. The average molecular weight is 303 g/mol. The van der Waals surface area contributed by atoms with Crippen LogP contribution < -0.4 is 4.74 Å². The molecule has 0 amide bonds. The van der Waals surface area contributed by atoms with Crippen LogP contribution in [0.3, 0.4) is 0 Å². The van der Waals surface area contributed by atoms with Crippen LogP contribution in [-0.2, 0) is 10.0 Å². The Morgan fingerprint density at radius 3 is 2.33 bits per heavy atom. The van der Waals surface area contributed by atoms with Gasteiger partial charge >= 0.3 is 0 Å². The quantitative estimate of drug-likeness (QED) is 0.627. The first kappa shape index (κ1) is 14.9. The van der Waals surface area contributed by atoms with E-state index in [1.54, 1.807) is 43.5 Å². The van der Waals surface area contributed by atoms with E-state index in [1.165, 1.54) is 18.3 Å². The van der Waals surface area contributed by atoms with Gasteiger partial charge in [0.2, 0.25) is 0 Å². The molecule has 0 aliphatic carbocycles. The molecule has 0 aromatic heterocycles. The fourth-order valence-corrected chi connectivity index (χ4v) is 2.73. The molecule has 0 fully saturated rings. The molecule has 5 nitrogen and oxygen atoms in total.